The smallest absolute Gasteiger partial charge is 0.251 e. The molecule has 1 fully saturated rings. The zero-order valence-corrected chi connectivity index (χ0v) is 17.4. The van der Waals surface area contributed by atoms with Crippen LogP contribution >= 0.6 is 0 Å². The highest BCUT2D eigenvalue weighted by Gasteiger charge is 2.23. The third kappa shape index (κ3) is 8.31. The van der Waals surface area contributed by atoms with E-state index in [1.54, 1.807) is 0 Å². The molecule has 1 aromatic carbocycles. The Morgan fingerprint density at radius 3 is 2.44 bits per heavy atom. The molecular formula is C22H36N2O3. The van der Waals surface area contributed by atoms with E-state index in [0.29, 0.717) is 12.1 Å². The van der Waals surface area contributed by atoms with Crippen LogP contribution in [0.3, 0.4) is 0 Å². The molecule has 0 spiro atoms. The maximum Gasteiger partial charge on any atom is 0.251 e. The van der Waals surface area contributed by atoms with Crippen molar-refractivity contribution in [2.45, 2.75) is 65.4 Å². The van der Waals surface area contributed by atoms with Crippen LogP contribution in [-0.4, -0.2) is 42.8 Å². The lowest BCUT2D eigenvalue weighted by molar-refractivity contribution is -0.238. The number of piperidine rings is 1. The van der Waals surface area contributed by atoms with Crippen molar-refractivity contribution in [1.82, 2.24) is 10.4 Å². The van der Waals surface area contributed by atoms with Gasteiger partial charge in [0.15, 0.2) is 0 Å². The molecule has 152 valence electrons. The number of rotatable bonds is 9. The molecule has 1 amide bonds. The Labute approximate surface area is 164 Å². The molecule has 1 aliphatic heterocycles. The van der Waals surface area contributed by atoms with Crippen molar-refractivity contribution in [3.63, 3.8) is 0 Å². The van der Waals surface area contributed by atoms with Crippen LogP contribution in [0.25, 0.3) is 0 Å². The molecule has 1 saturated heterocycles. The number of amides is 1. The third-order valence-corrected chi connectivity index (χ3v) is 4.65. The van der Waals surface area contributed by atoms with E-state index in [4.69, 9.17) is 9.57 Å². The van der Waals surface area contributed by atoms with Crippen LogP contribution in [0.4, 0.5) is 0 Å². The first-order valence-corrected chi connectivity index (χ1v) is 10.3. The second kappa shape index (κ2) is 10.7. The number of carbonyl (C=O) groups excluding carboxylic acids is 1. The van der Waals surface area contributed by atoms with Gasteiger partial charge in [0.25, 0.3) is 5.91 Å². The van der Waals surface area contributed by atoms with Crippen LogP contribution in [0.5, 0.6) is 5.75 Å². The minimum Gasteiger partial charge on any atom is -0.494 e. The fraction of sp³-hybridized carbons (Fsp3) is 0.682. The van der Waals surface area contributed by atoms with Crippen molar-refractivity contribution in [3.05, 3.63) is 29.8 Å². The first kappa shape index (κ1) is 21.7. The summed E-state index contributed by atoms with van der Waals surface area (Å²) in [5.74, 6) is 1.57. The van der Waals surface area contributed by atoms with Crippen molar-refractivity contribution in [1.29, 1.82) is 0 Å². The number of nitrogens with one attached hydrogen (secondary N) is 1. The van der Waals surface area contributed by atoms with Gasteiger partial charge in [0.05, 0.1) is 12.2 Å². The van der Waals surface area contributed by atoms with Crippen LogP contribution in [0.15, 0.2) is 24.3 Å². The molecule has 0 aromatic heterocycles. The van der Waals surface area contributed by atoms with Crippen molar-refractivity contribution in [3.8, 4) is 5.75 Å². The molecule has 0 radical (unpaired) electrons. The predicted octanol–water partition coefficient (Wildman–Crippen LogP) is 4.43. The first-order valence-electron chi connectivity index (χ1n) is 10.3. The minimum atomic E-state index is -0.104. The lowest BCUT2D eigenvalue weighted by Crippen LogP contribution is -2.39. The van der Waals surface area contributed by atoms with Crippen LogP contribution in [0.2, 0.25) is 0 Å². The Kier molecular flexibility index (Phi) is 8.58. The van der Waals surface area contributed by atoms with E-state index in [1.807, 2.05) is 31.2 Å². The van der Waals surface area contributed by atoms with Gasteiger partial charge in [-0.2, -0.15) is 5.06 Å². The Balaban J connectivity index is 1.61. The average Bonchev–Trinajstić information content (AvgIpc) is 2.64. The summed E-state index contributed by atoms with van der Waals surface area (Å²) in [4.78, 5) is 17.8. The van der Waals surface area contributed by atoms with Crippen molar-refractivity contribution >= 4 is 5.91 Å². The van der Waals surface area contributed by atoms with Crippen LogP contribution in [0, 0.1) is 5.92 Å². The van der Waals surface area contributed by atoms with Crippen LogP contribution in [0.1, 0.15) is 70.2 Å². The summed E-state index contributed by atoms with van der Waals surface area (Å²) < 4.78 is 5.83. The number of carbonyl (C=O) groups is 1. The fourth-order valence-corrected chi connectivity index (χ4v) is 3.28. The molecule has 0 aliphatic carbocycles. The van der Waals surface area contributed by atoms with E-state index in [1.165, 1.54) is 19.3 Å². The molecule has 1 N–H and O–H groups in total. The molecule has 0 saturated carbocycles. The second-order valence-electron chi connectivity index (χ2n) is 8.35. The molecular weight excluding hydrogens is 340 g/mol. The molecule has 0 atom stereocenters. The summed E-state index contributed by atoms with van der Waals surface area (Å²) >= 11 is 0. The normalized spacial score (nSPS) is 16.3. The van der Waals surface area contributed by atoms with Gasteiger partial charge in [-0.3, -0.25) is 9.63 Å². The van der Waals surface area contributed by atoms with Gasteiger partial charge < -0.3 is 10.1 Å². The summed E-state index contributed by atoms with van der Waals surface area (Å²) in [5, 5.41) is 5.00. The van der Waals surface area contributed by atoms with Crippen molar-refractivity contribution in [2.24, 2.45) is 5.92 Å². The van der Waals surface area contributed by atoms with E-state index in [2.05, 4.69) is 31.2 Å². The number of benzene rings is 1. The summed E-state index contributed by atoms with van der Waals surface area (Å²) in [5.41, 5.74) is 0.576. The standard InChI is InChI=1S/C22H36N2O3/c1-5-14-23-21(25)19-8-10-20(11-9-19)26-17-6-7-18-12-15-24(16-13-18)27-22(2,3)4/h8-11,18H,5-7,12-17H2,1-4H3,(H,23,25). The molecule has 5 nitrogen and oxygen atoms in total. The maximum atomic E-state index is 11.9. The molecule has 2 rings (SSSR count). The molecule has 5 heteroatoms. The van der Waals surface area contributed by atoms with E-state index in [9.17, 15) is 4.79 Å². The SMILES string of the molecule is CCCNC(=O)c1ccc(OCCCC2CCN(OC(C)(C)C)CC2)cc1. The van der Waals surface area contributed by atoms with E-state index >= 15 is 0 Å². The molecule has 0 unspecified atom stereocenters. The number of hydroxylamine groups is 2. The Bertz CT molecular complexity index is 558. The summed E-state index contributed by atoms with van der Waals surface area (Å²) in [6.07, 6.45) is 5.58. The van der Waals surface area contributed by atoms with E-state index in [-0.39, 0.29) is 11.5 Å². The first-order chi connectivity index (χ1) is 12.9. The third-order valence-electron chi connectivity index (χ3n) is 4.65. The fourth-order valence-electron chi connectivity index (χ4n) is 3.28. The monoisotopic (exact) mass is 376 g/mol. The van der Waals surface area contributed by atoms with E-state index < -0.39 is 0 Å². The summed E-state index contributed by atoms with van der Waals surface area (Å²) in [6, 6.07) is 7.41. The van der Waals surface area contributed by atoms with Gasteiger partial charge in [-0.25, -0.2) is 0 Å². The molecule has 1 aromatic rings. The average molecular weight is 377 g/mol. The van der Waals surface area contributed by atoms with Crippen LogP contribution in [-0.2, 0) is 4.84 Å². The van der Waals surface area contributed by atoms with Crippen molar-refractivity contribution < 1.29 is 14.4 Å². The van der Waals surface area contributed by atoms with Gasteiger partial charge in [-0.1, -0.05) is 6.92 Å². The highest BCUT2D eigenvalue weighted by molar-refractivity contribution is 5.94. The number of ether oxygens (including phenoxy) is 1. The van der Waals surface area contributed by atoms with E-state index in [0.717, 1.165) is 44.2 Å². The number of nitrogens with zero attached hydrogens (tertiary/aromatic N) is 1. The lowest BCUT2D eigenvalue weighted by atomic mass is 9.93. The molecule has 1 aliphatic rings. The molecule has 27 heavy (non-hydrogen) atoms. The van der Waals surface area contributed by atoms with Gasteiger partial charge in [-0.05, 0) is 83.1 Å². The minimum absolute atomic E-state index is 0.0230. The van der Waals surface area contributed by atoms with Gasteiger partial charge >= 0.3 is 0 Å². The molecule has 1 heterocycles. The van der Waals surface area contributed by atoms with Gasteiger partial charge in [-0.15, -0.1) is 0 Å². The lowest BCUT2D eigenvalue weighted by Gasteiger charge is -2.35. The van der Waals surface area contributed by atoms with Crippen molar-refractivity contribution in [2.75, 3.05) is 26.2 Å². The van der Waals surface area contributed by atoms with Gasteiger partial charge in [0.1, 0.15) is 5.75 Å². The Morgan fingerprint density at radius 1 is 1.19 bits per heavy atom. The summed E-state index contributed by atoms with van der Waals surface area (Å²) in [6.45, 7) is 11.8. The Hall–Kier alpha value is -1.59. The zero-order valence-electron chi connectivity index (χ0n) is 17.4. The molecule has 0 bridgehead atoms. The second-order valence-corrected chi connectivity index (χ2v) is 8.35. The maximum absolute atomic E-state index is 11.9. The quantitative estimate of drug-likeness (QED) is 0.648. The largest absolute Gasteiger partial charge is 0.494 e. The van der Waals surface area contributed by atoms with Gasteiger partial charge in [0.2, 0.25) is 0 Å². The zero-order chi connectivity index (χ0) is 19.7. The predicted molar refractivity (Wildman–Crippen MR) is 109 cm³/mol. The number of hydrogen-bond acceptors (Lipinski definition) is 4. The Morgan fingerprint density at radius 2 is 1.85 bits per heavy atom. The van der Waals surface area contributed by atoms with Gasteiger partial charge in [0, 0.05) is 25.2 Å². The highest BCUT2D eigenvalue weighted by Crippen LogP contribution is 2.24. The topological polar surface area (TPSA) is 50.8 Å². The number of hydrogen-bond donors (Lipinski definition) is 1. The van der Waals surface area contributed by atoms with Crippen LogP contribution < -0.4 is 10.1 Å². The highest BCUT2D eigenvalue weighted by atomic mass is 16.7. The summed E-state index contributed by atoms with van der Waals surface area (Å²) in [7, 11) is 0.